The van der Waals surface area contributed by atoms with Crippen molar-refractivity contribution in [3.63, 3.8) is 0 Å². The Hall–Kier alpha value is -2.80. The Balaban J connectivity index is 1.80. The molecule has 1 aliphatic heterocycles. The highest BCUT2D eigenvalue weighted by atomic mass is 19.1. The lowest BCUT2D eigenvalue weighted by atomic mass is 9.97. The smallest absolute Gasteiger partial charge is 0.251 e. The first-order valence-electron chi connectivity index (χ1n) is 8.11. The van der Waals surface area contributed by atoms with Crippen LogP contribution in [0.3, 0.4) is 0 Å². The predicted octanol–water partition coefficient (Wildman–Crippen LogP) is 2.18. The summed E-state index contributed by atoms with van der Waals surface area (Å²) in [5.74, 6) is -1.76. The van der Waals surface area contributed by atoms with Crippen LogP contribution in [0.1, 0.15) is 17.2 Å². The van der Waals surface area contributed by atoms with Crippen molar-refractivity contribution in [1.29, 1.82) is 0 Å². The topological polar surface area (TPSA) is 58.6 Å². The minimum atomic E-state index is -1.07. The highest BCUT2D eigenvalue weighted by molar-refractivity contribution is 5.86. The fourth-order valence-corrected chi connectivity index (χ4v) is 2.95. The fourth-order valence-electron chi connectivity index (χ4n) is 2.95. The Morgan fingerprint density at radius 3 is 2.73 bits per heavy atom. The first-order valence-corrected chi connectivity index (χ1v) is 8.11. The van der Waals surface area contributed by atoms with E-state index >= 15 is 0 Å². The van der Waals surface area contributed by atoms with Crippen LogP contribution in [0.15, 0.2) is 48.5 Å². The van der Waals surface area contributed by atoms with Gasteiger partial charge in [0.15, 0.2) is 6.10 Å². The van der Waals surface area contributed by atoms with Crippen LogP contribution in [0.4, 0.5) is 8.78 Å². The van der Waals surface area contributed by atoms with E-state index < -0.39 is 29.7 Å². The van der Waals surface area contributed by atoms with Gasteiger partial charge >= 0.3 is 0 Å². The van der Waals surface area contributed by atoms with E-state index in [1.165, 1.54) is 42.3 Å². The minimum Gasteiger partial charge on any atom is -0.356 e. The molecule has 1 fully saturated rings. The van der Waals surface area contributed by atoms with E-state index in [1.54, 1.807) is 18.2 Å². The number of amides is 2. The molecule has 7 heteroatoms. The normalized spacial score (nSPS) is 20.1. The molecule has 3 rings (SSSR count). The Labute approximate surface area is 149 Å². The van der Waals surface area contributed by atoms with Crippen molar-refractivity contribution in [2.75, 3.05) is 13.7 Å². The van der Waals surface area contributed by atoms with Gasteiger partial charge in [0, 0.05) is 19.2 Å². The second-order valence-corrected chi connectivity index (χ2v) is 6.05. The van der Waals surface area contributed by atoms with Gasteiger partial charge in [-0.05, 0) is 23.8 Å². The van der Waals surface area contributed by atoms with E-state index in [9.17, 15) is 18.4 Å². The monoisotopic (exact) mass is 360 g/mol. The molecule has 1 N–H and O–H groups in total. The molecule has 0 bridgehead atoms. The number of halogens is 2. The number of likely N-dealkylation sites (N-methyl/N-ethyl adjacent to an activating group) is 1. The number of morpholine rings is 1. The molecule has 26 heavy (non-hydrogen) atoms. The molecule has 0 radical (unpaired) electrons. The highest BCUT2D eigenvalue weighted by Crippen LogP contribution is 2.30. The molecule has 2 atom stereocenters. The lowest BCUT2D eigenvalue weighted by molar-refractivity contribution is -0.162. The molecule has 1 heterocycles. The van der Waals surface area contributed by atoms with Gasteiger partial charge in [-0.15, -0.1) is 0 Å². The maximum absolute atomic E-state index is 14.2. The Kier molecular flexibility index (Phi) is 5.27. The third-order valence-electron chi connectivity index (χ3n) is 4.32. The van der Waals surface area contributed by atoms with E-state index in [4.69, 9.17) is 4.74 Å². The largest absolute Gasteiger partial charge is 0.356 e. The van der Waals surface area contributed by atoms with Gasteiger partial charge in [-0.1, -0.05) is 30.3 Å². The second kappa shape index (κ2) is 7.61. The van der Waals surface area contributed by atoms with Gasteiger partial charge in [0.25, 0.3) is 5.91 Å². The van der Waals surface area contributed by atoms with E-state index in [1.807, 2.05) is 0 Å². The van der Waals surface area contributed by atoms with Crippen LogP contribution < -0.4 is 5.32 Å². The third kappa shape index (κ3) is 3.72. The molecule has 1 saturated heterocycles. The summed E-state index contributed by atoms with van der Waals surface area (Å²) in [5.41, 5.74) is 0.787. The number of benzene rings is 2. The summed E-state index contributed by atoms with van der Waals surface area (Å²) >= 11 is 0. The molecule has 1 aliphatic rings. The maximum atomic E-state index is 14.2. The zero-order valence-corrected chi connectivity index (χ0v) is 14.1. The van der Waals surface area contributed by atoms with Gasteiger partial charge in [-0.2, -0.15) is 0 Å². The molecule has 2 amide bonds. The van der Waals surface area contributed by atoms with Crippen molar-refractivity contribution in [1.82, 2.24) is 10.2 Å². The number of hydrogen-bond acceptors (Lipinski definition) is 3. The van der Waals surface area contributed by atoms with Crippen LogP contribution in [-0.4, -0.2) is 36.5 Å². The fraction of sp³-hybridized carbons (Fsp3) is 0.263. The van der Waals surface area contributed by atoms with Gasteiger partial charge in [0.2, 0.25) is 5.91 Å². The Bertz CT molecular complexity index is 828. The minimum absolute atomic E-state index is 0.0953. The van der Waals surface area contributed by atoms with Crippen LogP contribution in [0, 0.1) is 11.6 Å². The third-order valence-corrected chi connectivity index (χ3v) is 4.32. The summed E-state index contributed by atoms with van der Waals surface area (Å²) in [6, 6.07) is 10.9. The molecular formula is C19H18F2N2O3. The number of rotatable bonds is 4. The summed E-state index contributed by atoms with van der Waals surface area (Å²) in [6.07, 6.45) is -1.07. The van der Waals surface area contributed by atoms with E-state index in [2.05, 4.69) is 5.32 Å². The molecule has 0 aliphatic carbocycles. The lowest BCUT2D eigenvalue weighted by Gasteiger charge is -2.38. The van der Waals surface area contributed by atoms with Gasteiger partial charge in [0.1, 0.15) is 18.2 Å². The standard InChI is InChI=1S/C19H18F2N2O3/c1-23-16(24)11-26-18(17(23)14-7-2-3-8-15(14)21)19(25)22-10-12-5-4-6-13(20)9-12/h2-9,17-18H,10-11H2,1H3,(H,22,25)/t17-,18+/m0/s1. The summed E-state index contributed by atoms with van der Waals surface area (Å²) in [6.45, 7) is -0.169. The van der Waals surface area contributed by atoms with Gasteiger partial charge < -0.3 is 15.0 Å². The van der Waals surface area contributed by atoms with Crippen LogP contribution >= 0.6 is 0 Å². The van der Waals surface area contributed by atoms with Crippen molar-refractivity contribution in [2.24, 2.45) is 0 Å². The lowest BCUT2D eigenvalue weighted by Crippen LogP contribution is -2.53. The zero-order chi connectivity index (χ0) is 18.7. The molecule has 0 saturated carbocycles. The molecule has 2 aromatic carbocycles. The van der Waals surface area contributed by atoms with Crippen molar-refractivity contribution >= 4 is 11.8 Å². The van der Waals surface area contributed by atoms with E-state index in [0.717, 1.165) is 0 Å². The van der Waals surface area contributed by atoms with Crippen LogP contribution in [-0.2, 0) is 20.9 Å². The first-order chi connectivity index (χ1) is 12.5. The number of hydrogen-bond donors (Lipinski definition) is 1. The maximum Gasteiger partial charge on any atom is 0.251 e. The molecule has 136 valence electrons. The van der Waals surface area contributed by atoms with Crippen molar-refractivity contribution in [3.8, 4) is 0 Å². The molecule has 2 aromatic rings. The van der Waals surface area contributed by atoms with Crippen LogP contribution in [0.25, 0.3) is 0 Å². The number of carbonyl (C=O) groups excluding carboxylic acids is 2. The molecular weight excluding hydrogens is 342 g/mol. The van der Waals surface area contributed by atoms with E-state index in [-0.39, 0.29) is 24.6 Å². The van der Waals surface area contributed by atoms with Crippen molar-refractivity contribution < 1.29 is 23.1 Å². The number of nitrogens with one attached hydrogen (secondary N) is 1. The van der Waals surface area contributed by atoms with Crippen molar-refractivity contribution in [2.45, 2.75) is 18.7 Å². The van der Waals surface area contributed by atoms with Crippen molar-refractivity contribution in [3.05, 3.63) is 71.3 Å². The Morgan fingerprint density at radius 2 is 2.00 bits per heavy atom. The van der Waals surface area contributed by atoms with E-state index in [0.29, 0.717) is 5.56 Å². The number of ether oxygens (including phenoxy) is 1. The molecule has 5 nitrogen and oxygen atoms in total. The number of carbonyl (C=O) groups is 2. The Morgan fingerprint density at radius 1 is 1.23 bits per heavy atom. The molecule has 0 aromatic heterocycles. The highest BCUT2D eigenvalue weighted by Gasteiger charge is 2.41. The SMILES string of the molecule is CN1C(=O)CO[C@@H](C(=O)NCc2cccc(F)c2)[C@@H]1c1ccccc1F. The second-order valence-electron chi connectivity index (χ2n) is 6.05. The summed E-state index contributed by atoms with van der Waals surface area (Å²) in [5, 5.41) is 2.66. The molecule has 0 unspecified atom stereocenters. The average molecular weight is 360 g/mol. The van der Waals surface area contributed by atoms with Crippen LogP contribution in [0.5, 0.6) is 0 Å². The first kappa shape index (κ1) is 18.0. The molecule has 0 spiro atoms. The van der Waals surface area contributed by atoms with Gasteiger partial charge in [0.05, 0.1) is 6.04 Å². The van der Waals surface area contributed by atoms with Crippen LogP contribution in [0.2, 0.25) is 0 Å². The van der Waals surface area contributed by atoms with Gasteiger partial charge in [-0.3, -0.25) is 9.59 Å². The quantitative estimate of drug-likeness (QED) is 0.909. The zero-order valence-electron chi connectivity index (χ0n) is 14.1. The van der Waals surface area contributed by atoms with Gasteiger partial charge in [-0.25, -0.2) is 8.78 Å². The average Bonchev–Trinajstić information content (AvgIpc) is 2.63. The predicted molar refractivity (Wildman–Crippen MR) is 89.9 cm³/mol. The summed E-state index contributed by atoms with van der Waals surface area (Å²) in [4.78, 5) is 25.9. The summed E-state index contributed by atoms with van der Waals surface area (Å²) in [7, 11) is 1.51. The number of nitrogens with zero attached hydrogens (tertiary/aromatic N) is 1. The summed E-state index contributed by atoms with van der Waals surface area (Å²) < 4.78 is 32.9.